The summed E-state index contributed by atoms with van der Waals surface area (Å²) < 4.78 is 5.36. The highest BCUT2D eigenvalue weighted by molar-refractivity contribution is 7.98. The summed E-state index contributed by atoms with van der Waals surface area (Å²) in [4.78, 5) is 4.53. The molecule has 1 aliphatic rings. The largest absolute Gasteiger partial charge is 0.338 e. The smallest absolute Gasteiger partial charge is 0.243 e. The molecular formula is C15H19N3OS. The number of benzene rings is 1. The van der Waals surface area contributed by atoms with Gasteiger partial charge in [-0.25, -0.2) is 0 Å². The summed E-state index contributed by atoms with van der Waals surface area (Å²) in [5.41, 5.74) is 8.81. The van der Waals surface area contributed by atoms with Crippen molar-refractivity contribution in [3.05, 3.63) is 47.1 Å². The monoisotopic (exact) mass is 289 g/mol. The van der Waals surface area contributed by atoms with Gasteiger partial charge in [0.05, 0.1) is 6.04 Å². The first-order valence-electron chi connectivity index (χ1n) is 6.95. The molecule has 1 unspecified atom stereocenters. The van der Waals surface area contributed by atoms with E-state index in [2.05, 4.69) is 40.7 Å². The number of rotatable bonds is 5. The molecule has 0 bridgehead atoms. The summed E-state index contributed by atoms with van der Waals surface area (Å²) in [6, 6.07) is 8.35. The minimum Gasteiger partial charge on any atom is -0.338 e. The molecule has 2 aromatic rings. The van der Waals surface area contributed by atoms with Gasteiger partial charge in [-0.3, -0.25) is 0 Å². The van der Waals surface area contributed by atoms with Crippen molar-refractivity contribution in [1.29, 1.82) is 0 Å². The van der Waals surface area contributed by atoms with Crippen LogP contribution in [0.4, 0.5) is 0 Å². The van der Waals surface area contributed by atoms with Crippen LogP contribution in [0.2, 0.25) is 0 Å². The predicted molar refractivity (Wildman–Crippen MR) is 80.8 cm³/mol. The average molecular weight is 289 g/mol. The number of fused-ring (bicyclic) bond motifs is 1. The number of hydrogen-bond acceptors (Lipinski definition) is 5. The molecule has 1 heterocycles. The molecule has 1 aliphatic carbocycles. The molecule has 3 rings (SSSR count). The van der Waals surface area contributed by atoms with Gasteiger partial charge in [-0.05, 0) is 42.4 Å². The Morgan fingerprint density at radius 2 is 2.30 bits per heavy atom. The molecule has 0 spiro atoms. The van der Waals surface area contributed by atoms with Crippen molar-refractivity contribution in [2.75, 3.05) is 12.0 Å². The second kappa shape index (κ2) is 5.97. The Labute approximate surface area is 123 Å². The van der Waals surface area contributed by atoms with Gasteiger partial charge in [-0.2, -0.15) is 16.7 Å². The number of aromatic nitrogens is 2. The first-order valence-corrected chi connectivity index (χ1v) is 8.35. The lowest BCUT2D eigenvalue weighted by molar-refractivity contribution is 0.347. The lowest BCUT2D eigenvalue weighted by atomic mass is 10.0. The highest BCUT2D eigenvalue weighted by Crippen LogP contribution is 2.36. The zero-order chi connectivity index (χ0) is 13.9. The van der Waals surface area contributed by atoms with Crippen molar-refractivity contribution < 1.29 is 4.52 Å². The van der Waals surface area contributed by atoms with E-state index in [1.807, 2.05) is 0 Å². The Morgan fingerprint density at radius 3 is 3.15 bits per heavy atom. The van der Waals surface area contributed by atoms with Gasteiger partial charge >= 0.3 is 0 Å². The molecule has 4 nitrogen and oxygen atoms in total. The number of nitrogens with zero attached hydrogens (tertiary/aromatic N) is 2. The molecule has 20 heavy (non-hydrogen) atoms. The first-order chi connectivity index (χ1) is 9.79. The Morgan fingerprint density at radius 1 is 1.45 bits per heavy atom. The quantitative estimate of drug-likeness (QED) is 0.917. The van der Waals surface area contributed by atoms with Crippen LogP contribution in [0.1, 0.15) is 47.6 Å². The first kappa shape index (κ1) is 13.6. The number of nitrogens with two attached hydrogens (primary N) is 1. The molecule has 2 N–H and O–H groups in total. The van der Waals surface area contributed by atoms with Gasteiger partial charge in [0.2, 0.25) is 5.89 Å². The maximum absolute atomic E-state index is 6.08. The van der Waals surface area contributed by atoms with Crippen molar-refractivity contribution in [2.24, 2.45) is 5.73 Å². The van der Waals surface area contributed by atoms with Crippen LogP contribution < -0.4 is 5.73 Å². The Hall–Kier alpha value is -1.33. The zero-order valence-corrected chi connectivity index (χ0v) is 12.4. The number of hydrogen-bond donors (Lipinski definition) is 1. The molecule has 1 aromatic heterocycles. The SMILES string of the molecule is CSCC[C@@H](N)c1nc(C2CCc3ccccc32)no1. The fourth-order valence-electron chi connectivity index (χ4n) is 2.73. The van der Waals surface area contributed by atoms with Crippen LogP contribution in [0.5, 0.6) is 0 Å². The maximum Gasteiger partial charge on any atom is 0.243 e. The number of thioether (sulfide) groups is 1. The average Bonchev–Trinajstić information content (AvgIpc) is 3.10. The Kier molecular flexibility index (Phi) is 4.08. The van der Waals surface area contributed by atoms with Crippen LogP contribution in [0.3, 0.4) is 0 Å². The van der Waals surface area contributed by atoms with Gasteiger partial charge in [-0.15, -0.1) is 0 Å². The molecule has 106 valence electrons. The van der Waals surface area contributed by atoms with E-state index in [4.69, 9.17) is 10.3 Å². The van der Waals surface area contributed by atoms with Crippen LogP contribution in [0, 0.1) is 0 Å². The molecular weight excluding hydrogens is 270 g/mol. The summed E-state index contributed by atoms with van der Waals surface area (Å²) in [7, 11) is 0. The Bertz CT molecular complexity index is 584. The van der Waals surface area contributed by atoms with E-state index in [1.165, 1.54) is 11.1 Å². The molecule has 0 fully saturated rings. The molecule has 0 radical (unpaired) electrons. The van der Waals surface area contributed by atoms with Crippen LogP contribution in [0.25, 0.3) is 0 Å². The lowest BCUT2D eigenvalue weighted by Gasteiger charge is -2.06. The van der Waals surface area contributed by atoms with Gasteiger partial charge < -0.3 is 10.3 Å². The van der Waals surface area contributed by atoms with E-state index in [-0.39, 0.29) is 12.0 Å². The highest BCUT2D eigenvalue weighted by atomic mass is 32.2. The van der Waals surface area contributed by atoms with E-state index in [0.29, 0.717) is 5.89 Å². The molecule has 1 aromatic carbocycles. The normalized spacial score (nSPS) is 19.0. The molecule has 5 heteroatoms. The minimum absolute atomic E-state index is 0.152. The van der Waals surface area contributed by atoms with Crippen LogP contribution in [-0.4, -0.2) is 22.1 Å². The van der Waals surface area contributed by atoms with Crippen molar-refractivity contribution in [3.63, 3.8) is 0 Å². The Balaban J connectivity index is 1.78. The highest BCUT2D eigenvalue weighted by Gasteiger charge is 2.28. The van der Waals surface area contributed by atoms with Gasteiger partial charge in [0.25, 0.3) is 0 Å². The minimum atomic E-state index is -0.152. The summed E-state index contributed by atoms with van der Waals surface area (Å²) in [5, 5.41) is 4.15. The molecule has 0 aliphatic heterocycles. The van der Waals surface area contributed by atoms with Crippen molar-refractivity contribution >= 4 is 11.8 Å². The summed E-state index contributed by atoms with van der Waals surface area (Å²) >= 11 is 1.78. The van der Waals surface area contributed by atoms with Crippen molar-refractivity contribution in [2.45, 2.75) is 31.2 Å². The van der Waals surface area contributed by atoms with E-state index in [9.17, 15) is 0 Å². The maximum atomic E-state index is 6.08. The van der Waals surface area contributed by atoms with Crippen LogP contribution >= 0.6 is 11.8 Å². The van der Waals surface area contributed by atoms with E-state index in [0.717, 1.165) is 30.8 Å². The topological polar surface area (TPSA) is 64.9 Å². The molecule has 0 amide bonds. The number of aryl methyl sites for hydroxylation is 1. The van der Waals surface area contributed by atoms with E-state index >= 15 is 0 Å². The summed E-state index contributed by atoms with van der Waals surface area (Å²) in [5.74, 6) is 2.62. The third-order valence-electron chi connectivity index (χ3n) is 3.85. The van der Waals surface area contributed by atoms with E-state index < -0.39 is 0 Å². The zero-order valence-electron chi connectivity index (χ0n) is 11.6. The van der Waals surface area contributed by atoms with E-state index in [1.54, 1.807) is 11.8 Å². The van der Waals surface area contributed by atoms with Crippen LogP contribution in [-0.2, 0) is 6.42 Å². The van der Waals surface area contributed by atoms with Gasteiger partial charge in [0, 0.05) is 5.92 Å². The van der Waals surface area contributed by atoms with Crippen LogP contribution in [0.15, 0.2) is 28.8 Å². The molecule has 0 saturated heterocycles. The second-order valence-corrected chi connectivity index (χ2v) is 6.15. The van der Waals surface area contributed by atoms with Crippen molar-refractivity contribution in [3.8, 4) is 0 Å². The van der Waals surface area contributed by atoms with Gasteiger partial charge in [0.1, 0.15) is 0 Å². The third kappa shape index (κ3) is 2.60. The third-order valence-corrected chi connectivity index (χ3v) is 4.50. The predicted octanol–water partition coefficient (Wildman–Crippen LogP) is 2.90. The molecule has 2 atom stereocenters. The standard InChI is InChI=1S/C15H19N3OS/c1-20-9-8-13(16)15-17-14(18-19-15)12-7-6-10-4-2-3-5-11(10)12/h2-5,12-13H,6-9,16H2,1H3/t12?,13-/m1/s1. The fourth-order valence-corrected chi connectivity index (χ4v) is 3.22. The summed E-state index contributed by atoms with van der Waals surface area (Å²) in [6.45, 7) is 0. The van der Waals surface area contributed by atoms with Gasteiger partial charge in [0.15, 0.2) is 5.82 Å². The summed E-state index contributed by atoms with van der Waals surface area (Å²) in [6.07, 6.45) is 5.08. The van der Waals surface area contributed by atoms with Gasteiger partial charge in [-0.1, -0.05) is 29.4 Å². The molecule has 0 saturated carbocycles. The van der Waals surface area contributed by atoms with Crippen molar-refractivity contribution in [1.82, 2.24) is 10.1 Å². The second-order valence-electron chi connectivity index (χ2n) is 5.17. The fraction of sp³-hybridized carbons (Fsp3) is 0.467. The lowest BCUT2D eigenvalue weighted by Crippen LogP contribution is -2.12.